The van der Waals surface area contributed by atoms with Crippen LogP contribution in [0.25, 0.3) is 0 Å². The summed E-state index contributed by atoms with van der Waals surface area (Å²) < 4.78 is 33.6. The number of epoxide rings is 1. The molecule has 1 heterocycles. The first-order chi connectivity index (χ1) is 9.75. The number of rotatable bonds is 1. The van der Waals surface area contributed by atoms with Crippen LogP contribution in [0.3, 0.4) is 0 Å². The molecule has 4 rings (SSSR count). The summed E-state index contributed by atoms with van der Waals surface area (Å²) in [6.07, 6.45) is 1.13. The molecule has 102 valence electrons. The largest absolute Gasteiger partial charge is 0.372 e. The highest BCUT2D eigenvalue weighted by molar-refractivity contribution is 5.47. The van der Waals surface area contributed by atoms with Crippen molar-refractivity contribution in [2.75, 3.05) is 6.61 Å². The first-order valence-corrected chi connectivity index (χ1v) is 6.92. The predicted octanol–water partition coefficient (Wildman–Crippen LogP) is 3.59. The van der Waals surface area contributed by atoms with Crippen molar-refractivity contribution in [1.29, 1.82) is 0 Å². The maximum absolute atomic E-state index is 14.1. The lowest BCUT2D eigenvalue weighted by molar-refractivity contribution is 0.388. The molecule has 1 nitrogen and oxygen atoms in total. The smallest absolute Gasteiger partial charge is 0.126 e. The van der Waals surface area contributed by atoms with Crippen LogP contribution in [0.4, 0.5) is 8.78 Å². The number of halogens is 2. The van der Waals surface area contributed by atoms with Crippen molar-refractivity contribution in [2.45, 2.75) is 24.9 Å². The quantitative estimate of drug-likeness (QED) is 0.723. The third kappa shape index (κ3) is 1.77. The Hall–Kier alpha value is -1.74. The molecule has 1 fully saturated rings. The number of fused-ring (bicyclic) bond motifs is 2. The zero-order valence-electron chi connectivity index (χ0n) is 10.9. The van der Waals surface area contributed by atoms with E-state index in [0.29, 0.717) is 30.6 Å². The van der Waals surface area contributed by atoms with Crippen LogP contribution in [0.5, 0.6) is 0 Å². The lowest BCUT2D eigenvalue weighted by atomic mass is 9.85. The molecule has 0 bridgehead atoms. The molecule has 2 aliphatic rings. The van der Waals surface area contributed by atoms with Crippen LogP contribution in [0.2, 0.25) is 0 Å². The van der Waals surface area contributed by atoms with Gasteiger partial charge in [-0.1, -0.05) is 24.3 Å². The van der Waals surface area contributed by atoms with E-state index in [9.17, 15) is 8.78 Å². The van der Waals surface area contributed by atoms with E-state index in [-0.39, 0.29) is 23.7 Å². The Labute approximate surface area is 116 Å². The SMILES string of the molecule is Fc1cccc2c1CCc1c(F)cccc1C2C1CO1. The Bertz CT molecular complexity index is 623. The minimum absolute atomic E-state index is 0.0473. The molecule has 1 aliphatic heterocycles. The molecule has 1 aliphatic carbocycles. The molecule has 2 aromatic carbocycles. The molecule has 0 aromatic heterocycles. The van der Waals surface area contributed by atoms with Crippen LogP contribution >= 0.6 is 0 Å². The van der Waals surface area contributed by atoms with Gasteiger partial charge in [0.15, 0.2) is 0 Å². The second-order valence-corrected chi connectivity index (χ2v) is 5.46. The average Bonchev–Trinajstić information content (AvgIpc) is 3.24. The van der Waals surface area contributed by atoms with E-state index in [2.05, 4.69) is 0 Å². The zero-order chi connectivity index (χ0) is 13.7. The van der Waals surface area contributed by atoms with Gasteiger partial charge in [0.25, 0.3) is 0 Å². The number of benzene rings is 2. The maximum Gasteiger partial charge on any atom is 0.126 e. The second kappa shape index (κ2) is 4.38. The van der Waals surface area contributed by atoms with Gasteiger partial charge in [-0.2, -0.15) is 0 Å². The van der Waals surface area contributed by atoms with Crippen LogP contribution < -0.4 is 0 Å². The highest BCUT2D eigenvalue weighted by Gasteiger charge is 2.39. The van der Waals surface area contributed by atoms with Gasteiger partial charge in [-0.25, -0.2) is 8.78 Å². The summed E-state index contributed by atoms with van der Waals surface area (Å²) in [5.74, 6) is -0.434. The average molecular weight is 272 g/mol. The minimum Gasteiger partial charge on any atom is -0.372 e. The van der Waals surface area contributed by atoms with Crippen LogP contribution in [-0.2, 0) is 17.6 Å². The van der Waals surface area contributed by atoms with E-state index < -0.39 is 0 Å². The molecule has 1 unspecified atom stereocenters. The highest BCUT2D eigenvalue weighted by Crippen LogP contribution is 2.42. The summed E-state index contributed by atoms with van der Waals surface area (Å²) in [6, 6.07) is 10.3. The van der Waals surface area contributed by atoms with Crippen LogP contribution in [0.1, 0.15) is 28.2 Å². The molecular weight excluding hydrogens is 258 g/mol. The van der Waals surface area contributed by atoms with Gasteiger partial charge >= 0.3 is 0 Å². The van der Waals surface area contributed by atoms with Crippen molar-refractivity contribution in [1.82, 2.24) is 0 Å². The Morgan fingerprint density at radius 3 is 1.80 bits per heavy atom. The van der Waals surface area contributed by atoms with Gasteiger partial charge < -0.3 is 4.74 Å². The molecule has 0 radical (unpaired) electrons. The van der Waals surface area contributed by atoms with E-state index in [0.717, 1.165) is 11.1 Å². The van der Waals surface area contributed by atoms with E-state index >= 15 is 0 Å². The second-order valence-electron chi connectivity index (χ2n) is 5.46. The fourth-order valence-electron chi connectivity index (χ4n) is 3.33. The van der Waals surface area contributed by atoms with Crippen molar-refractivity contribution in [3.63, 3.8) is 0 Å². The van der Waals surface area contributed by atoms with Crippen molar-refractivity contribution in [3.8, 4) is 0 Å². The fourth-order valence-corrected chi connectivity index (χ4v) is 3.33. The molecule has 1 saturated heterocycles. The van der Waals surface area contributed by atoms with E-state index in [1.54, 1.807) is 12.1 Å². The lowest BCUT2D eigenvalue weighted by Gasteiger charge is -2.18. The summed E-state index contributed by atoms with van der Waals surface area (Å²) >= 11 is 0. The van der Waals surface area contributed by atoms with Crippen LogP contribution in [0.15, 0.2) is 36.4 Å². The summed E-state index contributed by atoms with van der Waals surface area (Å²) in [5, 5.41) is 0. The van der Waals surface area contributed by atoms with Gasteiger partial charge in [-0.3, -0.25) is 0 Å². The number of hydrogen-bond acceptors (Lipinski definition) is 1. The summed E-state index contributed by atoms with van der Waals surface area (Å²) in [5.41, 5.74) is 3.33. The lowest BCUT2D eigenvalue weighted by Crippen LogP contribution is -2.11. The monoisotopic (exact) mass is 272 g/mol. The molecule has 1 atom stereocenters. The Balaban J connectivity index is 1.96. The van der Waals surface area contributed by atoms with Gasteiger partial charge in [-0.15, -0.1) is 0 Å². The highest BCUT2D eigenvalue weighted by atomic mass is 19.1. The van der Waals surface area contributed by atoms with Gasteiger partial charge in [0.05, 0.1) is 12.7 Å². The van der Waals surface area contributed by atoms with Crippen LogP contribution in [0, 0.1) is 11.6 Å². The van der Waals surface area contributed by atoms with Gasteiger partial charge in [0.2, 0.25) is 0 Å². The van der Waals surface area contributed by atoms with Crippen molar-refractivity contribution in [2.24, 2.45) is 0 Å². The van der Waals surface area contributed by atoms with Crippen molar-refractivity contribution >= 4 is 0 Å². The van der Waals surface area contributed by atoms with E-state index in [1.165, 1.54) is 12.1 Å². The van der Waals surface area contributed by atoms with E-state index in [1.807, 2.05) is 12.1 Å². The molecule has 0 amide bonds. The van der Waals surface area contributed by atoms with Crippen molar-refractivity contribution < 1.29 is 13.5 Å². The van der Waals surface area contributed by atoms with Gasteiger partial charge in [0.1, 0.15) is 11.6 Å². The van der Waals surface area contributed by atoms with Crippen LogP contribution in [-0.4, -0.2) is 12.7 Å². The van der Waals surface area contributed by atoms with Gasteiger partial charge in [0, 0.05) is 5.92 Å². The summed E-state index contributed by atoms with van der Waals surface area (Å²) in [6.45, 7) is 0.663. The standard InChI is InChI=1S/C17H14F2O/c18-14-5-1-3-12-10(14)7-8-11-13(4-2-6-15(11)19)17(12)16-9-20-16/h1-6,16-17H,7-9H2. The van der Waals surface area contributed by atoms with Gasteiger partial charge in [-0.05, 0) is 47.2 Å². The molecule has 20 heavy (non-hydrogen) atoms. The Morgan fingerprint density at radius 2 is 1.35 bits per heavy atom. The first kappa shape index (κ1) is 12.0. The predicted molar refractivity (Wildman–Crippen MR) is 71.8 cm³/mol. The molecule has 0 spiro atoms. The molecule has 0 saturated carbocycles. The fraction of sp³-hybridized carbons (Fsp3) is 0.294. The number of hydrogen-bond donors (Lipinski definition) is 0. The number of ether oxygens (including phenoxy) is 1. The topological polar surface area (TPSA) is 12.5 Å². The summed E-state index contributed by atoms with van der Waals surface area (Å²) in [4.78, 5) is 0. The zero-order valence-corrected chi connectivity index (χ0v) is 10.9. The molecule has 2 aromatic rings. The first-order valence-electron chi connectivity index (χ1n) is 6.92. The third-order valence-corrected chi connectivity index (χ3v) is 4.34. The molecule has 3 heteroatoms. The Morgan fingerprint density at radius 1 is 0.850 bits per heavy atom. The molecular formula is C17H14F2O. The van der Waals surface area contributed by atoms with E-state index in [4.69, 9.17) is 4.74 Å². The third-order valence-electron chi connectivity index (χ3n) is 4.34. The minimum atomic E-state index is -0.193. The Kier molecular flexibility index (Phi) is 2.64. The molecule has 0 N–H and O–H groups in total. The van der Waals surface area contributed by atoms with Crippen molar-refractivity contribution in [3.05, 3.63) is 70.3 Å². The normalized spacial score (nSPS) is 21.0. The maximum atomic E-state index is 14.1. The summed E-state index contributed by atoms with van der Waals surface area (Å²) in [7, 11) is 0.